The number of hydrogen-bond donors (Lipinski definition) is 3. The molecular formula is C28H24N6O2. The highest BCUT2D eigenvalue weighted by molar-refractivity contribution is 6.01. The minimum absolute atomic E-state index is 0.0590. The van der Waals surface area contributed by atoms with Gasteiger partial charge in [0.1, 0.15) is 11.3 Å². The summed E-state index contributed by atoms with van der Waals surface area (Å²) in [7, 11) is 0. The van der Waals surface area contributed by atoms with Crippen molar-refractivity contribution < 1.29 is 9.21 Å². The van der Waals surface area contributed by atoms with E-state index in [4.69, 9.17) is 4.42 Å². The fraction of sp³-hybridized carbons (Fsp3) is 0.143. The molecule has 178 valence electrons. The Kier molecular flexibility index (Phi) is 4.96. The number of fused-ring (bicyclic) bond motifs is 2. The molecule has 0 spiro atoms. The molecule has 0 radical (unpaired) electrons. The van der Waals surface area contributed by atoms with Gasteiger partial charge in [0.2, 0.25) is 5.91 Å². The summed E-state index contributed by atoms with van der Waals surface area (Å²) in [5, 5.41) is 12.6. The van der Waals surface area contributed by atoms with Crippen molar-refractivity contribution in [3.05, 3.63) is 73.6 Å². The van der Waals surface area contributed by atoms with Crippen LogP contribution < -0.4 is 5.32 Å². The maximum atomic E-state index is 12.4. The molecule has 6 aromatic rings. The molecule has 0 bridgehead atoms. The minimum Gasteiger partial charge on any atom is -0.472 e. The van der Waals surface area contributed by atoms with Crippen molar-refractivity contribution in [2.75, 3.05) is 5.32 Å². The Labute approximate surface area is 206 Å². The van der Waals surface area contributed by atoms with E-state index in [0.29, 0.717) is 5.69 Å². The number of anilines is 1. The molecule has 0 saturated carbocycles. The average molecular weight is 477 g/mol. The van der Waals surface area contributed by atoms with Crippen LogP contribution in [0.1, 0.15) is 20.8 Å². The van der Waals surface area contributed by atoms with Gasteiger partial charge in [0.15, 0.2) is 0 Å². The number of nitrogens with zero attached hydrogens (tertiary/aromatic N) is 3. The smallest absolute Gasteiger partial charge is 0.229 e. The maximum Gasteiger partial charge on any atom is 0.229 e. The van der Waals surface area contributed by atoms with E-state index >= 15 is 0 Å². The molecule has 1 aromatic carbocycles. The van der Waals surface area contributed by atoms with Crippen molar-refractivity contribution in [1.29, 1.82) is 0 Å². The third kappa shape index (κ3) is 3.82. The molecule has 1 amide bonds. The van der Waals surface area contributed by atoms with Gasteiger partial charge in [0.25, 0.3) is 0 Å². The maximum absolute atomic E-state index is 12.4. The van der Waals surface area contributed by atoms with E-state index < -0.39 is 5.41 Å². The summed E-state index contributed by atoms with van der Waals surface area (Å²) in [6.45, 7) is 5.64. The fourth-order valence-electron chi connectivity index (χ4n) is 4.21. The highest BCUT2D eigenvalue weighted by Crippen LogP contribution is 2.35. The number of hydrogen-bond acceptors (Lipinski definition) is 5. The molecule has 6 rings (SSSR count). The summed E-state index contributed by atoms with van der Waals surface area (Å²) in [4.78, 5) is 24.7. The number of nitrogens with one attached hydrogen (secondary N) is 3. The molecule has 0 unspecified atom stereocenters. The number of amides is 1. The number of H-pyrrole nitrogens is 2. The van der Waals surface area contributed by atoms with E-state index in [1.54, 1.807) is 31.1 Å². The summed E-state index contributed by atoms with van der Waals surface area (Å²) in [6, 6.07) is 14.0. The van der Waals surface area contributed by atoms with E-state index in [2.05, 4.69) is 42.6 Å². The molecular weight excluding hydrogens is 452 g/mol. The molecule has 8 heteroatoms. The van der Waals surface area contributed by atoms with Crippen LogP contribution >= 0.6 is 0 Å². The van der Waals surface area contributed by atoms with Gasteiger partial charge in [-0.1, -0.05) is 26.8 Å². The Morgan fingerprint density at radius 1 is 0.972 bits per heavy atom. The number of pyridine rings is 2. The van der Waals surface area contributed by atoms with Crippen molar-refractivity contribution in [2.45, 2.75) is 20.8 Å². The SMILES string of the molecule is CC(C)(C)C(=O)Nc1cncc(-c2ccc3[nH]nc(-c4cc5c(-c6ccoc6)ccnc5[nH]4)c3c2)c1. The van der Waals surface area contributed by atoms with Gasteiger partial charge in [0.05, 0.1) is 35.6 Å². The summed E-state index contributed by atoms with van der Waals surface area (Å²) in [5.74, 6) is -0.0590. The summed E-state index contributed by atoms with van der Waals surface area (Å²) in [5.41, 5.74) is 7.43. The van der Waals surface area contributed by atoms with Crippen molar-refractivity contribution in [2.24, 2.45) is 5.41 Å². The molecule has 0 aliphatic carbocycles. The molecule has 3 N–H and O–H groups in total. The van der Waals surface area contributed by atoms with Crippen molar-refractivity contribution in [1.82, 2.24) is 25.1 Å². The Morgan fingerprint density at radius 2 is 1.86 bits per heavy atom. The Hall–Kier alpha value is -4.72. The lowest BCUT2D eigenvalue weighted by molar-refractivity contribution is -0.123. The van der Waals surface area contributed by atoms with E-state index in [0.717, 1.165) is 55.6 Å². The van der Waals surface area contributed by atoms with Gasteiger partial charge in [0, 0.05) is 39.7 Å². The van der Waals surface area contributed by atoms with Crippen LogP contribution in [0.3, 0.4) is 0 Å². The average Bonchev–Trinajstić information content (AvgIpc) is 3.62. The predicted molar refractivity (Wildman–Crippen MR) is 140 cm³/mol. The van der Waals surface area contributed by atoms with E-state index in [1.165, 1.54) is 0 Å². The van der Waals surface area contributed by atoms with Crippen LogP contribution in [0.2, 0.25) is 0 Å². The largest absolute Gasteiger partial charge is 0.472 e. The number of carbonyl (C=O) groups is 1. The van der Waals surface area contributed by atoms with Gasteiger partial charge in [-0.2, -0.15) is 5.10 Å². The van der Waals surface area contributed by atoms with Crippen LogP contribution in [0.15, 0.2) is 78.0 Å². The zero-order valence-corrected chi connectivity index (χ0v) is 20.1. The number of carbonyl (C=O) groups excluding carboxylic acids is 1. The van der Waals surface area contributed by atoms with Gasteiger partial charge in [-0.3, -0.25) is 14.9 Å². The molecule has 5 aromatic heterocycles. The van der Waals surface area contributed by atoms with Crippen molar-refractivity contribution >= 4 is 33.5 Å². The molecule has 0 aliphatic rings. The summed E-state index contributed by atoms with van der Waals surface area (Å²) >= 11 is 0. The fourth-order valence-corrected chi connectivity index (χ4v) is 4.21. The molecule has 0 fully saturated rings. The minimum atomic E-state index is -0.494. The van der Waals surface area contributed by atoms with Crippen LogP contribution in [0.5, 0.6) is 0 Å². The van der Waals surface area contributed by atoms with Gasteiger partial charge >= 0.3 is 0 Å². The lowest BCUT2D eigenvalue weighted by Gasteiger charge is -2.17. The number of aromatic amines is 2. The summed E-state index contributed by atoms with van der Waals surface area (Å²) < 4.78 is 5.28. The standard InChI is InChI=1S/C28H24N6O2/c1-28(2,3)27(35)31-19-10-18(13-29-14-19)16-4-5-23-22(11-16)25(34-33-23)24-12-21-20(17-7-9-36-15-17)6-8-30-26(21)32-24/h4-15H,1-3H3,(H,30,32)(H,31,35)(H,33,34). The summed E-state index contributed by atoms with van der Waals surface area (Å²) in [6.07, 6.45) is 8.62. The molecule has 0 aliphatic heterocycles. The molecule has 0 atom stereocenters. The first kappa shape index (κ1) is 21.8. The van der Waals surface area contributed by atoms with Crippen LogP contribution in [-0.2, 0) is 4.79 Å². The zero-order chi connectivity index (χ0) is 24.9. The molecule has 0 saturated heterocycles. The van der Waals surface area contributed by atoms with Gasteiger partial charge in [-0.15, -0.1) is 0 Å². The first-order valence-electron chi connectivity index (χ1n) is 11.6. The van der Waals surface area contributed by atoms with E-state index in [9.17, 15) is 4.79 Å². The topological polar surface area (TPSA) is 112 Å². The first-order chi connectivity index (χ1) is 17.4. The second-order valence-electron chi connectivity index (χ2n) is 9.81. The van der Waals surface area contributed by atoms with Crippen LogP contribution in [0.25, 0.3) is 55.6 Å². The zero-order valence-electron chi connectivity index (χ0n) is 20.1. The third-order valence-electron chi connectivity index (χ3n) is 6.19. The van der Waals surface area contributed by atoms with Crippen LogP contribution in [-0.4, -0.2) is 31.1 Å². The highest BCUT2D eigenvalue weighted by Gasteiger charge is 2.21. The Balaban J connectivity index is 1.40. The van der Waals surface area contributed by atoms with Gasteiger partial charge in [-0.25, -0.2) is 4.98 Å². The molecule has 8 nitrogen and oxygen atoms in total. The quantitative estimate of drug-likeness (QED) is 0.272. The predicted octanol–water partition coefficient (Wildman–Crippen LogP) is 6.41. The van der Waals surface area contributed by atoms with Crippen molar-refractivity contribution in [3.8, 4) is 33.6 Å². The third-order valence-corrected chi connectivity index (χ3v) is 6.19. The first-order valence-corrected chi connectivity index (χ1v) is 11.6. The Bertz CT molecular complexity index is 1720. The lowest BCUT2D eigenvalue weighted by atomic mass is 9.95. The molecule has 36 heavy (non-hydrogen) atoms. The monoisotopic (exact) mass is 476 g/mol. The van der Waals surface area contributed by atoms with E-state index in [-0.39, 0.29) is 5.91 Å². The van der Waals surface area contributed by atoms with E-state index in [1.807, 2.05) is 51.1 Å². The molecule has 5 heterocycles. The number of benzene rings is 1. The van der Waals surface area contributed by atoms with Gasteiger partial charge in [-0.05, 0) is 47.5 Å². The highest BCUT2D eigenvalue weighted by atomic mass is 16.3. The number of furan rings is 1. The second-order valence-corrected chi connectivity index (χ2v) is 9.81. The number of rotatable bonds is 4. The van der Waals surface area contributed by atoms with Gasteiger partial charge < -0.3 is 14.7 Å². The normalized spacial score (nSPS) is 11.9. The number of aromatic nitrogens is 5. The second kappa shape index (κ2) is 8.20. The lowest BCUT2D eigenvalue weighted by Crippen LogP contribution is -2.27. The Morgan fingerprint density at radius 3 is 2.67 bits per heavy atom. The van der Waals surface area contributed by atoms with Crippen molar-refractivity contribution in [3.63, 3.8) is 0 Å². The van der Waals surface area contributed by atoms with Crippen LogP contribution in [0.4, 0.5) is 5.69 Å². The van der Waals surface area contributed by atoms with Crippen LogP contribution in [0, 0.1) is 5.41 Å².